The molecule has 3 aromatic carbocycles. The van der Waals surface area contributed by atoms with Crippen LogP contribution in [0.3, 0.4) is 0 Å². The van der Waals surface area contributed by atoms with E-state index in [1.165, 1.54) is 11.4 Å². The van der Waals surface area contributed by atoms with Gasteiger partial charge in [0.2, 0.25) is 10.0 Å². The number of nitrogens with zero attached hydrogens (tertiary/aromatic N) is 1. The fraction of sp³-hybridized carbons (Fsp3) is 0.240. The van der Waals surface area contributed by atoms with Crippen molar-refractivity contribution in [3.05, 3.63) is 87.9 Å². The summed E-state index contributed by atoms with van der Waals surface area (Å²) in [5.74, 6) is 0.219. The van der Waals surface area contributed by atoms with Gasteiger partial charge >= 0.3 is 0 Å². The fourth-order valence-corrected chi connectivity index (χ4v) is 4.69. The molecule has 174 valence electrons. The van der Waals surface area contributed by atoms with Crippen LogP contribution >= 0.6 is 11.6 Å². The Morgan fingerprint density at radius 1 is 1.03 bits per heavy atom. The van der Waals surface area contributed by atoms with Crippen LogP contribution in [0.5, 0.6) is 5.75 Å². The molecule has 0 fully saturated rings. The van der Waals surface area contributed by atoms with Crippen LogP contribution in [0.1, 0.15) is 34.0 Å². The average Bonchev–Trinajstić information content (AvgIpc) is 2.77. The summed E-state index contributed by atoms with van der Waals surface area (Å²) in [5, 5.41) is 3.47. The van der Waals surface area contributed by atoms with Crippen LogP contribution in [0.4, 0.5) is 5.69 Å². The maximum atomic E-state index is 13.0. The maximum absolute atomic E-state index is 13.0. The molecule has 0 saturated heterocycles. The lowest BCUT2D eigenvalue weighted by atomic mass is 10.1. The number of benzene rings is 3. The van der Waals surface area contributed by atoms with E-state index in [0.29, 0.717) is 34.2 Å². The van der Waals surface area contributed by atoms with E-state index in [1.54, 1.807) is 60.7 Å². The molecule has 0 spiro atoms. The van der Waals surface area contributed by atoms with Crippen molar-refractivity contribution >= 4 is 33.2 Å². The van der Waals surface area contributed by atoms with E-state index in [4.69, 9.17) is 16.3 Å². The number of aryl methyl sites for hydroxylation is 2. The first-order chi connectivity index (χ1) is 15.6. The van der Waals surface area contributed by atoms with Crippen molar-refractivity contribution in [3.63, 3.8) is 0 Å². The topological polar surface area (TPSA) is 75.7 Å². The first-order valence-corrected chi connectivity index (χ1v) is 12.3. The predicted octanol–water partition coefficient (Wildman–Crippen LogP) is 5.43. The lowest BCUT2D eigenvalue weighted by Crippen LogP contribution is -2.27. The molecule has 0 saturated carbocycles. The number of carbonyl (C=O) groups excluding carboxylic acids is 1. The maximum Gasteiger partial charge on any atom is 0.255 e. The van der Waals surface area contributed by atoms with E-state index in [0.717, 1.165) is 11.1 Å². The number of amides is 1. The van der Waals surface area contributed by atoms with E-state index in [9.17, 15) is 13.2 Å². The van der Waals surface area contributed by atoms with Gasteiger partial charge in [-0.2, -0.15) is 4.31 Å². The van der Waals surface area contributed by atoms with Crippen molar-refractivity contribution < 1.29 is 17.9 Å². The Morgan fingerprint density at radius 3 is 2.36 bits per heavy atom. The van der Waals surface area contributed by atoms with Gasteiger partial charge in [0.1, 0.15) is 5.75 Å². The van der Waals surface area contributed by atoms with Crippen LogP contribution in [0.2, 0.25) is 5.02 Å². The van der Waals surface area contributed by atoms with Gasteiger partial charge in [-0.05, 0) is 74.9 Å². The molecular weight excluding hydrogens is 460 g/mol. The number of rotatable bonds is 8. The molecule has 0 aliphatic rings. The van der Waals surface area contributed by atoms with Gasteiger partial charge in [0.05, 0.1) is 11.5 Å². The molecule has 3 rings (SSSR count). The van der Waals surface area contributed by atoms with Gasteiger partial charge in [-0.1, -0.05) is 29.3 Å². The zero-order valence-corrected chi connectivity index (χ0v) is 20.6. The highest BCUT2D eigenvalue weighted by Crippen LogP contribution is 2.26. The van der Waals surface area contributed by atoms with Crippen LogP contribution in [0.25, 0.3) is 0 Å². The summed E-state index contributed by atoms with van der Waals surface area (Å²) in [4.78, 5) is 13.1. The average molecular weight is 487 g/mol. The minimum absolute atomic E-state index is 0.0482. The number of halogens is 1. The van der Waals surface area contributed by atoms with Crippen molar-refractivity contribution in [1.82, 2.24) is 4.31 Å². The SMILES string of the molecule is CCOc1ccc(C(=O)Nc2ccc(Cl)cc2C)cc1CN(C)S(=O)(=O)c1ccc(C)cc1. The van der Waals surface area contributed by atoms with Crippen molar-refractivity contribution in [2.75, 3.05) is 19.0 Å². The Hall–Kier alpha value is -2.87. The van der Waals surface area contributed by atoms with Gasteiger partial charge in [-0.25, -0.2) is 8.42 Å². The van der Waals surface area contributed by atoms with Crippen molar-refractivity contribution in [3.8, 4) is 5.75 Å². The standard InChI is InChI=1S/C25H27ClN2O4S/c1-5-32-24-13-8-19(25(29)27-23-12-9-21(26)14-18(23)3)15-20(24)16-28(4)33(30,31)22-10-6-17(2)7-11-22/h6-15H,5,16H2,1-4H3,(H,27,29). The molecule has 0 bridgehead atoms. The van der Waals surface area contributed by atoms with Gasteiger partial charge in [0.15, 0.2) is 0 Å². The molecule has 0 unspecified atom stereocenters. The number of hydrogen-bond donors (Lipinski definition) is 1. The monoisotopic (exact) mass is 486 g/mol. The highest BCUT2D eigenvalue weighted by molar-refractivity contribution is 7.89. The second kappa shape index (κ2) is 10.4. The highest BCUT2D eigenvalue weighted by atomic mass is 35.5. The molecule has 8 heteroatoms. The molecule has 1 amide bonds. The van der Waals surface area contributed by atoms with E-state index < -0.39 is 10.0 Å². The highest BCUT2D eigenvalue weighted by Gasteiger charge is 2.23. The van der Waals surface area contributed by atoms with Crippen molar-refractivity contribution in [2.45, 2.75) is 32.2 Å². The lowest BCUT2D eigenvalue weighted by Gasteiger charge is -2.20. The summed E-state index contributed by atoms with van der Waals surface area (Å²) in [6, 6.07) is 16.9. The van der Waals surface area contributed by atoms with Crippen LogP contribution in [0, 0.1) is 13.8 Å². The summed E-state index contributed by atoms with van der Waals surface area (Å²) in [6.45, 7) is 6.07. The lowest BCUT2D eigenvalue weighted by molar-refractivity contribution is 0.102. The summed E-state index contributed by atoms with van der Waals surface area (Å²) in [5.41, 5.74) is 3.45. The third-order valence-corrected chi connectivity index (χ3v) is 7.23. The first-order valence-electron chi connectivity index (χ1n) is 10.5. The number of carbonyl (C=O) groups is 1. The number of ether oxygens (including phenoxy) is 1. The van der Waals surface area contributed by atoms with Crippen molar-refractivity contribution in [2.24, 2.45) is 0 Å². The van der Waals surface area contributed by atoms with E-state index in [-0.39, 0.29) is 17.3 Å². The molecule has 1 N–H and O–H groups in total. The third-order valence-electron chi connectivity index (χ3n) is 5.18. The number of anilines is 1. The molecule has 0 radical (unpaired) electrons. The molecule has 0 aromatic heterocycles. The van der Waals surface area contributed by atoms with Crippen LogP contribution in [-0.4, -0.2) is 32.3 Å². The zero-order chi connectivity index (χ0) is 24.2. The molecular formula is C25H27ClN2O4S. The predicted molar refractivity (Wildman–Crippen MR) is 132 cm³/mol. The quantitative estimate of drug-likeness (QED) is 0.460. The van der Waals surface area contributed by atoms with Gasteiger partial charge in [-0.15, -0.1) is 0 Å². The largest absolute Gasteiger partial charge is 0.494 e. The Morgan fingerprint density at radius 2 is 1.73 bits per heavy atom. The minimum Gasteiger partial charge on any atom is -0.494 e. The molecule has 33 heavy (non-hydrogen) atoms. The van der Waals surface area contributed by atoms with Gasteiger partial charge < -0.3 is 10.1 Å². The number of nitrogens with one attached hydrogen (secondary N) is 1. The molecule has 0 aliphatic carbocycles. The van der Waals surface area contributed by atoms with Gasteiger partial charge in [0, 0.05) is 35.4 Å². The Balaban J connectivity index is 1.88. The smallest absolute Gasteiger partial charge is 0.255 e. The fourth-order valence-electron chi connectivity index (χ4n) is 3.32. The Kier molecular flexibility index (Phi) is 7.79. The number of sulfonamides is 1. The first kappa shape index (κ1) is 24.8. The van der Waals surface area contributed by atoms with E-state index >= 15 is 0 Å². The minimum atomic E-state index is -3.71. The van der Waals surface area contributed by atoms with Crippen molar-refractivity contribution in [1.29, 1.82) is 0 Å². The van der Waals surface area contributed by atoms with Crippen LogP contribution in [-0.2, 0) is 16.6 Å². The van der Waals surface area contributed by atoms with Crippen LogP contribution < -0.4 is 10.1 Å². The molecule has 0 atom stereocenters. The molecule has 6 nitrogen and oxygen atoms in total. The second-order valence-electron chi connectivity index (χ2n) is 7.74. The Bertz CT molecular complexity index is 1260. The molecule has 0 heterocycles. The molecule has 0 aliphatic heterocycles. The van der Waals surface area contributed by atoms with E-state index in [1.807, 2.05) is 20.8 Å². The summed E-state index contributed by atoms with van der Waals surface area (Å²) >= 11 is 6.00. The normalized spacial score (nSPS) is 11.5. The third kappa shape index (κ3) is 5.93. The van der Waals surface area contributed by atoms with Crippen LogP contribution in [0.15, 0.2) is 65.6 Å². The van der Waals surface area contributed by atoms with Gasteiger partial charge in [-0.3, -0.25) is 4.79 Å². The Labute approximate surface area is 200 Å². The van der Waals surface area contributed by atoms with Gasteiger partial charge in [0.25, 0.3) is 5.91 Å². The summed E-state index contributed by atoms with van der Waals surface area (Å²) in [6.07, 6.45) is 0. The molecule has 3 aromatic rings. The second-order valence-corrected chi connectivity index (χ2v) is 10.2. The van der Waals surface area contributed by atoms with E-state index in [2.05, 4.69) is 5.32 Å². The summed E-state index contributed by atoms with van der Waals surface area (Å²) < 4.78 is 33.0. The number of hydrogen-bond acceptors (Lipinski definition) is 4. The summed E-state index contributed by atoms with van der Waals surface area (Å²) in [7, 11) is -2.20. The zero-order valence-electron chi connectivity index (χ0n) is 19.1.